The van der Waals surface area contributed by atoms with Crippen molar-refractivity contribution in [3.63, 3.8) is 0 Å². The van der Waals surface area contributed by atoms with E-state index in [2.05, 4.69) is 0 Å². The SMILES string of the molecule is COC(=O)[C@@H](c1ccc(O)cc1)N1CC(CSC(C)=O)CC1=O. The second kappa shape index (κ2) is 7.50. The average Bonchev–Trinajstić information content (AvgIpc) is 2.88. The molecule has 0 radical (unpaired) electrons. The Labute approximate surface area is 138 Å². The number of hydrogen-bond donors (Lipinski definition) is 1. The van der Waals surface area contributed by atoms with Gasteiger partial charge in [-0.25, -0.2) is 4.79 Å². The molecule has 1 amide bonds. The van der Waals surface area contributed by atoms with Crippen LogP contribution in [0, 0.1) is 5.92 Å². The molecule has 1 heterocycles. The number of phenolic OH excluding ortho intramolecular Hbond substituents is 1. The summed E-state index contributed by atoms with van der Waals surface area (Å²) in [6.45, 7) is 1.90. The number of hydrogen-bond acceptors (Lipinski definition) is 6. The molecule has 1 fully saturated rings. The first-order chi connectivity index (χ1) is 10.9. The van der Waals surface area contributed by atoms with E-state index in [4.69, 9.17) is 4.74 Å². The summed E-state index contributed by atoms with van der Waals surface area (Å²) in [6, 6.07) is 5.30. The fourth-order valence-electron chi connectivity index (χ4n) is 2.62. The average molecular weight is 337 g/mol. The number of aromatic hydroxyl groups is 1. The van der Waals surface area contributed by atoms with Crippen molar-refractivity contribution in [3.05, 3.63) is 29.8 Å². The molecule has 1 aromatic carbocycles. The highest BCUT2D eigenvalue weighted by Crippen LogP contribution is 2.32. The van der Waals surface area contributed by atoms with Crippen LogP contribution in [0.4, 0.5) is 0 Å². The van der Waals surface area contributed by atoms with Gasteiger partial charge in [-0.3, -0.25) is 9.59 Å². The van der Waals surface area contributed by atoms with Gasteiger partial charge in [0.15, 0.2) is 11.2 Å². The molecule has 0 aliphatic carbocycles. The quantitative estimate of drug-likeness (QED) is 0.824. The van der Waals surface area contributed by atoms with Crippen LogP contribution in [0.2, 0.25) is 0 Å². The molecular weight excluding hydrogens is 318 g/mol. The molecule has 0 aromatic heterocycles. The van der Waals surface area contributed by atoms with Gasteiger partial charge in [-0.15, -0.1) is 0 Å². The van der Waals surface area contributed by atoms with Crippen LogP contribution < -0.4 is 0 Å². The fourth-order valence-corrected chi connectivity index (χ4v) is 3.31. The number of phenols is 1. The van der Waals surface area contributed by atoms with E-state index in [1.807, 2.05) is 0 Å². The predicted octanol–water partition coefficient (Wildman–Crippen LogP) is 1.73. The van der Waals surface area contributed by atoms with Gasteiger partial charge in [0.05, 0.1) is 7.11 Å². The Morgan fingerprint density at radius 2 is 2.04 bits per heavy atom. The molecular formula is C16H19NO5S. The second-order valence-corrected chi connectivity index (χ2v) is 6.63. The Bertz CT molecular complexity index is 601. The van der Waals surface area contributed by atoms with E-state index >= 15 is 0 Å². The standard InChI is InChI=1S/C16H19NO5S/c1-10(18)23-9-11-7-14(20)17(8-11)15(16(21)22-2)12-3-5-13(19)6-4-12/h3-6,11,15,19H,7-9H2,1-2H3/t11?,15-/m1/s1. The first-order valence-corrected chi connectivity index (χ1v) is 8.20. The van der Waals surface area contributed by atoms with Gasteiger partial charge in [-0.2, -0.15) is 0 Å². The number of carbonyl (C=O) groups is 3. The van der Waals surface area contributed by atoms with Gasteiger partial charge in [-0.1, -0.05) is 23.9 Å². The van der Waals surface area contributed by atoms with Gasteiger partial charge in [0.25, 0.3) is 0 Å². The largest absolute Gasteiger partial charge is 0.508 e. The molecule has 0 spiro atoms. The summed E-state index contributed by atoms with van der Waals surface area (Å²) in [4.78, 5) is 37.0. The molecule has 1 unspecified atom stereocenters. The van der Waals surface area contributed by atoms with E-state index in [1.54, 1.807) is 12.1 Å². The van der Waals surface area contributed by atoms with Crippen molar-refractivity contribution in [2.24, 2.45) is 5.92 Å². The van der Waals surface area contributed by atoms with Crippen LogP contribution >= 0.6 is 11.8 Å². The Hall–Kier alpha value is -2.02. The van der Waals surface area contributed by atoms with Crippen molar-refractivity contribution < 1.29 is 24.2 Å². The highest BCUT2D eigenvalue weighted by atomic mass is 32.2. The molecule has 6 nitrogen and oxygen atoms in total. The van der Waals surface area contributed by atoms with Crippen molar-refractivity contribution in [1.29, 1.82) is 0 Å². The second-order valence-electron chi connectivity index (χ2n) is 5.44. The zero-order valence-electron chi connectivity index (χ0n) is 13.0. The lowest BCUT2D eigenvalue weighted by molar-refractivity contribution is -0.151. The smallest absolute Gasteiger partial charge is 0.333 e. The van der Waals surface area contributed by atoms with E-state index in [0.717, 1.165) is 0 Å². The zero-order valence-corrected chi connectivity index (χ0v) is 13.8. The summed E-state index contributed by atoms with van der Waals surface area (Å²) in [5, 5.41) is 9.40. The van der Waals surface area contributed by atoms with E-state index in [9.17, 15) is 19.5 Å². The monoisotopic (exact) mass is 337 g/mol. The van der Waals surface area contributed by atoms with E-state index < -0.39 is 12.0 Å². The summed E-state index contributed by atoms with van der Waals surface area (Å²) in [5.41, 5.74) is 0.586. The van der Waals surface area contributed by atoms with Gasteiger partial charge < -0.3 is 14.7 Å². The van der Waals surface area contributed by atoms with Crippen molar-refractivity contribution in [3.8, 4) is 5.75 Å². The van der Waals surface area contributed by atoms with Crippen molar-refractivity contribution in [2.45, 2.75) is 19.4 Å². The number of carbonyl (C=O) groups excluding carboxylic acids is 3. The first kappa shape index (κ1) is 17.3. The third kappa shape index (κ3) is 4.25. The highest BCUT2D eigenvalue weighted by molar-refractivity contribution is 8.13. The van der Waals surface area contributed by atoms with Gasteiger partial charge in [0.1, 0.15) is 5.75 Å². The lowest BCUT2D eigenvalue weighted by Crippen LogP contribution is -2.36. The molecule has 7 heteroatoms. The fraction of sp³-hybridized carbons (Fsp3) is 0.438. The summed E-state index contributed by atoms with van der Waals surface area (Å²) in [6.07, 6.45) is 0.311. The normalized spacial score (nSPS) is 18.8. The minimum absolute atomic E-state index is 0.0129. The maximum atomic E-state index is 12.3. The number of rotatable bonds is 5. The van der Waals surface area contributed by atoms with Gasteiger partial charge in [0.2, 0.25) is 5.91 Å². The lowest BCUT2D eigenvalue weighted by atomic mass is 10.1. The molecule has 0 bridgehead atoms. The number of methoxy groups -OCH3 is 1. The molecule has 1 saturated heterocycles. The van der Waals surface area contributed by atoms with Crippen LogP contribution in [0.15, 0.2) is 24.3 Å². The maximum Gasteiger partial charge on any atom is 0.333 e. The number of nitrogens with zero attached hydrogens (tertiary/aromatic N) is 1. The number of amides is 1. The topological polar surface area (TPSA) is 83.9 Å². The molecule has 23 heavy (non-hydrogen) atoms. The lowest BCUT2D eigenvalue weighted by Gasteiger charge is -2.26. The molecule has 2 rings (SSSR count). The molecule has 1 aliphatic rings. The van der Waals surface area contributed by atoms with E-state index in [1.165, 1.54) is 42.8 Å². The van der Waals surface area contributed by atoms with Crippen LogP contribution in [0.1, 0.15) is 24.9 Å². The number of benzene rings is 1. The number of thioether (sulfide) groups is 1. The molecule has 1 aliphatic heterocycles. The maximum absolute atomic E-state index is 12.3. The van der Waals surface area contributed by atoms with Crippen LogP contribution in [-0.4, -0.2) is 46.4 Å². The summed E-state index contributed by atoms with van der Waals surface area (Å²) >= 11 is 1.19. The first-order valence-electron chi connectivity index (χ1n) is 7.22. The van der Waals surface area contributed by atoms with Gasteiger partial charge in [-0.05, 0) is 23.6 Å². The third-order valence-corrected chi connectivity index (χ3v) is 4.75. The zero-order chi connectivity index (χ0) is 17.0. The summed E-state index contributed by atoms with van der Waals surface area (Å²) < 4.78 is 4.84. The van der Waals surface area contributed by atoms with Crippen LogP contribution in [0.5, 0.6) is 5.75 Å². The van der Waals surface area contributed by atoms with Gasteiger partial charge in [0, 0.05) is 25.6 Å². The number of ether oxygens (including phenoxy) is 1. The number of likely N-dealkylation sites (tertiary alicyclic amines) is 1. The third-order valence-electron chi connectivity index (χ3n) is 3.71. The van der Waals surface area contributed by atoms with Crippen molar-refractivity contribution >= 4 is 28.8 Å². The molecule has 0 saturated carbocycles. The predicted molar refractivity (Wildman–Crippen MR) is 85.8 cm³/mol. The van der Waals surface area contributed by atoms with Crippen molar-refractivity contribution in [2.75, 3.05) is 19.4 Å². The Kier molecular flexibility index (Phi) is 5.65. The molecule has 124 valence electrons. The molecule has 2 atom stereocenters. The van der Waals surface area contributed by atoms with Crippen LogP contribution in [0.3, 0.4) is 0 Å². The Morgan fingerprint density at radius 3 is 2.61 bits per heavy atom. The minimum Gasteiger partial charge on any atom is -0.508 e. The van der Waals surface area contributed by atoms with Crippen LogP contribution in [0.25, 0.3) is 0 Å². The highest BCUT2D eigenvalue weighted by Gasteiger charge is 2.39. The minimum atomic E-state index is -0.833. The molecule has 1 aromatic rings. The Balaban J connectivity index is 2.19. The van der Waals surface area contributed by atoms with Gasteiger partial charge >= 0.3 is 5.97 Å². The number of esters is 1. The van der Waals surface area contributed by atoms with Crippen LogP contribution in [-0.2, 0) is 19.1 Å². The summed E-state index contributed by atoms with van der Waals surface area (Å²) in [7, 11) is 1.28. The summed E-state index contributed by atoms with van der Waals surface area (Å²) in [5.74, 6) is 0.00850. The molecule has 1 N–H and O–H groups in total. The van der Waals surface area contributed by atoms with E-state index in [0.29, 0.717) is 24.3 Å². The van der Waals surface area contributed by atoms with Crippen molar-refractivity contribution in [1.82, 2.24) is 4.90 Å². The van der Waals surface area contributed by atoms with E-state index in [-0.39, 0.29) is 22.7 Å². The Morgan fingerprint density at radius 1 is 1.39 bits per heavy atom.